The second-order valence-corrected chi connectivity index (χ2v) is 3.93. The fourth-order valence-corrected chi connectivity index (χ4v) is 1.63. The Labute approximate surface area is 93.8 Å². The Morgan fingerprint density at radius 2 is 2.25 bits per heavy atom. The molecule has 0 radical (unpaired) electrons. The van der Waals surface area contributed by atoms with Crippen LogP contribution in [0, 0.1) is 11.8 Å². The summed E-state index contributed by atoms with van der Waals surface area (Å²) in [6.07, 6.45) is 0.722. The molecule has 4 heteroatoms. The molecular weight excluding hydrogens is 208 g/mol. The first-order valence-electron chi connectivity index (χ1n) is 5.20. The van der Waals surface area contributed by atoms with Gasteiger partial charge < -0.3 is 14.6 Å². The van der Waals surface area contributed by atoms with E-state index in [2.05, 4.69) is 0 Å². The first-order chi connectivity index (χ1) is 7.70. The zero-order chi connectivity index (χ0) is 11.5. The lowest BCUT2D eigenvalue weighted by Crippen LogP contribution is -2.06. The number of aliphatic carboxylic acids is 1. The molecule has 0 spiro atoms. The lowest BCUT2D eigenvalue weighted by molar-refractivity contribution is -0.138. The predicted octanol–water partition coefficient (Wildman–Crippen LogP) is 1.79. The molecule has 0 aliphatic heterocycles. The molecule has 86 valence electrons. The van der Waals surface area contributed by atoms with Gasteiger partial charge in [-0.25, -0.2) is 0 Å². The molecule has 1 aliphatic rings. The minimum atomic E-state index is -0.723. The van der Waals surface area contributed by atoms with Crippen LogP contribution in [-0.4, -0.2) is 24.8 Å². The Bertz CT molecular complexity index is 388. The van der Waals surface area contributed by atoms with Crippen molar-refractivity contribution in [3.8, 4) is 11.5 Å². The molecule has 1 aliphatic carbocycles. The normalized spacial score (nSPS) is 22.6. The van der Waals surface area contributed by atoms with E-state index < -0.39 is 5.97 Å². The van der Waals surface area contributed by atoms with Gasteiger partial charge in [-0.1, -0.05) is 6.07 Å². The third-order valence-corrected chi connectivity index (χ3v) is 2.75. The Balaban J connectivity index is 1.84. The molecule has 1 N–H and O–H groups in total. The lowest BCUT2D eigenvalue weighted by Gasteiger charge is -2.06. The second kappa shape index (κ2) is 4.43. The second-order valence-electron chi connectivity index (χ2n) is 3.93. The number of benzene rings is 1. The topological polar surface area (TPSA) is 55.8 Å². The Morgan fingerprint density at radius 1 is 1.50 bits per heavy atom. The van der Waals surface area contributed by atoms with Crippen LogP contribution in [0.2, 0.25) is 0 Å². The minimum absolute atomic E-state index is 0.156. The van der Waals surface area contributed by atoms with Gasteiger partial charge in [0.25, 0.3) is 0 Å². The van der Waals surface area contributed by atoms with Crippen LogP contribution in [0.1, 0.15) is 6.42 Å². The number of ether oxygens (including phenoxy) is 2. The predicted molar refractivity (Wildman–Crippen MR) is 57.7 cm³/mol. The van der Waals surface area contributed by atoms with Crippen LogP contribution in [-0.2, 0) is 4.79 Å². The average Bonchev–Trinajstić information content (AvgIpc) is 3.06. The Kier molecular flexibility index (Phi) is 2.99. The number of rotatable bonds is 5. The van der Waals surface area contributed by atoms with Crippen LogP contribution in [0.25, 0.3) is 0 Å². The summed E-state index contributed by atoms with van der Waals surface area (Å²) in [5.74, 6) is 0.673. The van der Waals surface area contributed by atoms with Gasteiger partial charge in [0.05, 0.1) is 19.6 Å². The van der Waals surface area contributed by atoms with E-state index in [1.165, 1.54) is 0 Å². The van der Waals surface area contributed by atoms with Gasteiger partial charge in [-0.3, -0.25) is 4.79 Å². The van der Waals surface area contributed by atoms with E-state index in [-0.39, 0.29) is 11.8 Å². The third-order valence-electron chi connectivity index (χ3n) is 2.75. The maximum atomic E-state index is 10.6. The van der Waals surface area contributed by atoms with Gasteiger partial charge in [-0.05, 0) is 18.6 Å². The number of hydrogen-bond donors (Lipinski definition) is 1. The van der Waals surface area contributed by atoms with Crippen molar-refractivity contribution in [2.75, 3.05) is 13.7 Å². The highest BCUT2D eigenvalue weighted by molar-refractivity contribution is 5.73. The molecule has 1 aromatic carbocycles. The summed E-state index contributed by atoms with van der Waals surface area (Å²) in [4.78, 5) is 10.6. The molecule has 0 heterocycles. The van der Waals surface area contributed by atoms with Gasteiger partial charge in [-0.15, -0.1) is 0 Å². The Hall–Kier alpha value is -1.71. The number of methoxy groups -OCH3 is 1. The van der Waals surface area contributed by atoms with Gasteiger partial charge >= 0.3 is 5.97 Å². The van der Waals surface area contributed by atoms with E-state index in [0.717, 1.165) is 17.9 Å². The molecule has 2 rings (SSSR count). The monoisotopic (exact) mass is 222 g/mol. The summed E-state index contributed by atoms with van der Waals surface area (Å²) in [5.41, 5.74) is 0. The van der Waals surface area contributed by atoms with E-state index in [1.54, 1.807) is 13.2 Å². The number of carboxylic acids is 1. The first kappa shape index (κ1) is 10.8. The number of carboxylic acid groups (broad SMARTS) is 1. The maximum Gasteiger partial charge on any atom is 0.306 e. The highest BCUT2D eigenvalue weighted by atomic mass is 16.5. The zero-order valence-electron chi connectivity index (χ0n) is 9.05. The Morgan fingerprint density at radius 3 is 2.88 bits per heavy atom. The quantitative estimate of drug-likeness (QED) is 0.825. The van der Waals surface area contributed by atoms with Crippen molar-refractivity contribution in [1.82, 2.24) is 0 Å². The molecule has 0 bridgehead atoms. The molecule has 1 saturated carbocycles. The molecule has 0 aromatic heterocycles. The standard InChI is InChI=1S/C12H14O4/c1-15-9-3-2-4-10(6-9)16-7-8-5-11(8)12(13)14/h2-4,6,8,11H,5,7H2,1H3,(H,13,14). The van der Waals surface area contributed by atoms with Crippen molar-refractivity contribution in [2.24, 2.45) is 11.8 Å². The lowest BCUT2D eigenvalue weighted by atomic mass is 10.3. The fraction of sp³-hybridized carbons (Fsp3) is 0.417. The minimum Gasteiger partial charge on any atom is -0.497 e. The SMILES string of the molecule is COc1cccc(OCC2CC2C(=O)O)c1. The van der Waals surface area contributed by atoms with E-state index in [4.69, 9.17) is 14.6 Å². The van der Waals surface area contributed by atoms with Gasteiger partial charge in [0.2, 0.25) is 0 Å². The van der Waals surface area contributed by atoms with Crippen molar-refractivity contribution < 1.29 is 19.4 Å². The highest BCUT2D eigenvalue weighted by Crippen LogP contribution is 2.38. The van der Waals surface area contributed by atoms with Crippen LogP contribution in [0.3, 0.4) is 0 Å². The molecular formula is C12H14O4. The number of carbonyl (C=O) groups is 1. The van der Waals surface area contributed by atoms with Crippen molar-refractivity contribution in [3.63, 3.8) is 0 Å². The largest absolute Gasteiger partial charge is 0.497 e. The van der Waals surface area contributed by atoms with E-state index in [1.807, 2.05) is 18.2 Å². The molecule has 16 heavy (non-hydrogen) atoms. The van der Waals surface area contributed by atoms with Crippen LogP contribution < -0.4 is 9.47 Å². The summed E-state index contributed by atoms with van der Waals surface area (Å²) in [6.45, 7) is 0.462. The van der Waals surface area contributed by atoms with Crippen molar-refractivity contribution in [3.05, 3.63) is 24.3 Å². The van der Waals surface area contributed by atoms with E-state index >= 15 is 0 Å². The van der Waals surface area contributed by atoms with Crippen molar-refractivity contribution in [1.29, 1.82) is 0 Å². The van der Waals surface area contributed by atoms with Crippen LogP contribution in [0.5, 0.6) is 11.5 Å². The summed E-state index contributed by atoms with van der Waals surface area (Å²) >= 11 is 0. The maximum absolute atomic E-state index is 10.6. The molecule has 0 saturated heterocycles. The molecule has 0 amide bonds. The first-order valence-corrected chi connectivity index (χ1v) is 5.20. The van der Waals surface area contributed by atoms with Gasteiger partial charge in [-0.2, -0.15) is 0 Å². The van der Waals surface area contributed by atoms with E-state index in [0.29, 0.717) is 6.61 Å². The van der Waals surface area contributed by atoms with Crippen LogP contribution >= 0.6 is 0 Å². The zero-order valence-corrected chi connectivity index (χ0v) is 9.05. The third kappa shape index (κ3) is 2.45. The van der Waals surface area contributed by atoms with Gasteiger partial charge in [0.15, 0.2) is 0 Å². The summed E-state index contributed by atoms with van der Waals surface area (Å²) < 4.78 is 10.6. The summed E-state index contributed by atoms with van der Waals surface area (Å²) in [7, 11) is 1.60. The van der Waals surface area contributed by atoms with Crippen molar-refractivity contribution >= 4 is 5.97 Å². The molecule has 1 fully saturated rings. The summed E-state index contributed by atoms with van der Waals surface area (Å²) in [5, 5.41) is 8.73. The average molecular weight is 222 g/mol. The molecule has 1 aromatic rings. The van der Waals surface area contributed by atoms with Gasteiger partial charge in [0.1, 0.15) is 11.5 Å². The molecule has 2 atom stereocenters. The summed E-state index contributed by atoms with van der Waals surface area (Å²) in [6, 6.07) is 7.30. The smallest absolute Gasteiger partial charge is 0.306 e. The van der Waals surface area contributed by atoms with Crippen LogP contribution in [0.4, 0.5) is 0 Å². The van der Waals surface area contributed by atoms with Gasteiger partial charge in [0, 0.05) is 12.0 Å². The fourth-order valence-electron chi connectivity index (χ4n) is 1.63. The van der Waals surface area contributed by atoms with E-state index in [9.17, 15) is 4.79 Å². The molecule has 2 unspecified atom stereocenters. The van der Waals surface area contributed by atoms with Crippen molar-refractivity contribution in [2.45, 2.75) is 6.42 Å². The van der Waals surface area contributed by atoms with Crippen LogP contribution in [0.15, 0.2) is 24.3 Å². The highest BCUT2D eigenvalue weighted by Gasteiger charge is 2.43. The molecule has 4 nitrogen and oxygen atoms in total. The number of hydrogen-bond acceptors (Lipinski definition) is 3.